The van der Waals surface area contributed by atoms with Crippen LogP contribution in [0.15, 0.2) is 41.6 Å². The van der Waals surface area contributed by atoms with Crippen molar-refractivity contribution in [1.29, 1.82) is 0 Å². The minimum absolute atomic E-state index is 0.00818. The van der Waals surface area contributed by atoms with Crippen molar-refractivity contribution in [1.82, 2.24) is 14.9 Å². The van der Waals surface area contributed by atoms with Crippen molar-refractivity contribution < 1.29 is 8.95 Å². The van der Waals surface area contributed by atoms with Crippen molar-refractivity contribution in [2.75, 3.05) is 12.9 Å². The predicted octanol–water partition coefficient (Wildman–Crippen LogP) is 2.17. The van der Waals surface area contributed by atoms with Gasteiger partial charge in [-0.05, 0) is 30.5 Å². The molecule has 1 saturated heterocycles. The molecule has 3 rings (SSSR count). The Balaban J connectivity index is 1.65. The van der Waals surface area contributed by atoms with Crippen molar-refractivity contribution in [3.05, 3.63) is 48.0 Å². The molecule has 1 aromatic carbocycles. The standard InChI is InChI=1S/C17H23N3O2S/c1-20-10-9-18-17(20)16-15(4-3-11-22-16)19-12-13-5-7-14(8-6-13)23(2)21/h5-10,15-16,19H,3-4,11-12H2,1-2H3/t15-,16-,23-/m0/s1. The molecular formula is C17H23N3O2S. The summed E-state index contributed by atoms with van der Waals surface area (Å²) < 4.78 is 19.4. The van der Waals surface area contributed by atoms with Crippen LogP contribution in [0.4, 0.5) is 0 Å². The van der Waals surface area contributed by atoms with Crippen LogP contribution >= 0.6 is 0 Å². The normalized spacial score (nSPS) is 22.9. The quantitative estimate of drug-likeness (QED) is 0.911. The van der Waals surface area contributed by atoms with E-state index in [9.17, 15) is 4.21 Å². The maximum Gasteiger partial charge on any atom is 0.139 e. The molecule has 2 aromatic rings. The maximum atomic E-state index is 11.4. The smallest absolute Gasteiger partial charge is 0.139 e. The van der Waals surface area contributed by atoms with Crippen LogP contribution in [0, 0.1) is 0 Å². The van der Waals surface area contributed by atoms with Crippen molar-refractivity contribution in [2.24, 2.45) is 7.05 Å². The first-order valence-corrected chi connectivity index (χ1v) is 9.45. The van der Waals surface area contributed by atoms with E-state index in [-0.39, 0.29) is 12.1 Å². The highest BCUT2D eigenvalue weighted by atomic mass is 32.2. The largest absolute Gasteiger partial charge is 0.369 e. The van der Waals surface area contributed by atoms with Gasteiger partial charge in [0.15, 0.2) is 0 Å². The Bertz CT molecular complexity index is 669. The highest BCUT2D eigenvalue weighted by Crippen LogP contribution is 2.27. The van der Waals surface area contributed by atoms with E-state index in [1.54, 1.807) is 6.26 Å². The van der Waals surface area contributed by atoms with E-state index in [2.05, 4.69) is 10.3 Å². The second-order valence-corrected chi connectivity index (χ2v) is 7.30. The molecule has 3 atom stereocenters. The van der Waals surface area contributed by atoms with Gasteiger partial charge in [-0.1, -0.05) is 12.1 Å². The van der Waals surface area contributed by atoms with Crippen LogP contribution in [-0.2, 0) is 29.1 Å². The molecule has 0 amide bonds. The maximum absolute atomic E-state index is 11.4. The van der Waals surface area contributed by atoms with E-state index in [0.717, 1.165) is 36.7 Å². The van der Waals surface area contributed by atoms with Crippen LogP contribution < -0.4 is 5.32 Å². The number of nitrogens with zero attached hydrogens (tertiary/aromatic N) is 2. The summed E-state index contributed by atoms with van der Waals surface area (Å²) in [6, 6.07) is 8.18. The van der Waals surface area contributed by atoms with Crippen molar-refractivity contribution in [3.8, 4) is 0 Å². The van der Waals surface area contributed by atoms with Crippen LogP contribution in [0.2, 0.25) is 0 Å². The molecule has 0 saturated carbocycles. The summed E-state index contributed by atoms with van der Waals surface area (Å²) >= 11 is 0. The van der Waals surface area contributed by atoms with Gasteiger partial charge in [0.2, 0.25) is 0 Å². The molecule has 2 heterocycles. The van der Waals surface area contributed by atoms with Gasteiger partial charge in [0.1, 0.15) is 11.9 Å². The molecule has 1 N–H and O–H groups in total. The summed E-state index contributed by atoms with van der Waals surface area (Å²) in [7, 11) is 1.08. The van der Waals surface area contributed by atoms with Crippen molar-refractivity contribution in [3.63, 3.8) is 0 Å². The van der Waals surface area contributed by atoms with Gasteiger partial charge in [-0.15, -0.1) is 0 Å². The highest BCUT2D eigenvalue weighted by molar-refractivity contribution is 7.84. The van der Waals surface area contributed by atoms with Gasteiger partial charge in [0.25, 0.3) is 0 Å². The Morgan fingerprint density at radius 2 is 2.17 bits per heavy atom. The van der Waals surface area contributed by atoms with Gasteiger partial charge in [0.05, 0.1) is 0 Å². The zero-order valence-corrected chi connectivity index (χ0v) is 14.4. The summed E-state index contributed by atoms with van der Waals surface area (Å²) in [5.74, 6) is 0.971. The van der Waals surface area contributed by atoms with Gasteiger partial charge in [-0.3, -0.25) is 4.21 Å². The lowest BCUT2D eigenvalue weighted by Crippen LogP contribution is -2.40. The third-order valence-electron chi connectivity index (χ3n) is 4.26. The fourth-order valence-electron chi connectivity index (χ4n) is 2.94. The van der Waals surface area contributed by atoms with Crippen molar-refractivity contribution in [2.45, 2.75) is 36.4 Å². The second-order valence-electron chi connectivity index (χ2n) is 5.92. The third kappa shape index (κ3) is 3.88. The monoisotopic (exact) mass is 333 g/mol. The average molecular weight is 333 g/mol. The predicted molar refractivity (Wildman–Crippen MR) is 90.5 cm³/mol. The van der Waals surface area contributed by atoms with E-state index >= 15 is 0 Å². The number of benzene rings is 1. The summed E-state index contributed by atoms with van der Waals surface area (Å²) in [5, 5.41) is 3.60. The highest BCUT2D eigenvalue weighted by Gasteiger charge is 2.29. The summed E-state index contributed by atoms with van der Waals surface area (Å²) in [4.78, 5) is 5.30. The number of hydrogen-bond acceptors (Lipinski definition) is 4. The molecule has 0 bridgehead atoms. The lowest BCUT2D eigenvalue weighted by molar-refractivity contribution is -0.0178. The SMILES string of the molecule is Cn1ccnc1[C@H]1OCCC[C@@H]1NCc1ccc([S@](C)=O)cc1. The van der Waals surface area contributed by atoms with Crippen LogP contribution in [-0.4, -0.2) is 32.7 Å². The lowest BCUT2D eigenvalue weighted by Gasteiger charge is -2.32. The van der Waals surface area contributed by atoms with E-state index in [1.807, 2.05) is 48.3 Å². The average Bonchev–Trinajstić information content (AvgIpc) is 2.99. The fourth-order valence-corrected chi connectivity index (χ4v) is 3.46. The zero-order valence-electron chi connectivity index (χ0n) is 13.6. The molecule has 0 spiro atoms. The third-order valence-corrected chi connectivity index (χ3v) is 5.19. The Kier molecular flexibility index (Phi) is 5.25. The number of nitrogens with one attached hydrogen (secondary N) is 1. The van der Waals surface area contributed by atoms with Gasteiger partial charge in [-0.2, -0.15) is 0 Å². The molecule has 1 aliphatic rings. The molecule has 5 nitrogen and oxygen atoms in total. The number of rotatable bonds is 5. The molecule has 0 aliphatic carbocycles. The van der Waals surface area contributed by atoms with E-state index in [1.165, 1.54) is 5.56 Å². The van der Waals surface area contributed by atoms with Crippen LogP contribution in [0.3, 0.4) is 0 Å². The van der Waals surface area contributed by atoms with Crippen molar-refractivity contribution >= 4 is 10.8 Å². The lowest BCUT2D eigenvalue weighted by atomic mass is 10.0. The fraction of sp³-hybridized carbons (Fsp3) is 0.471. The molecule has 1 fully saturated rings. The molecule has 1 aromatic heterocycles. The van der Waals surface area contributed by atoms with Gasteiger partial charge < -0.3 is 14.6 Å². The summed E-state index contributed by atoms with van der Waals surface area (Å²) in [6.07, 6.45) is 7.60. The Morgan fingerprint density at radius 1 is 1.39 bits per heavy atom. The molecule has 0 unspecified atom stereocenters. The Labute approximate surface area is 139 Å². The minimum Gasteiger partial charge on any atom is -0.369 e. The molecule has 23 heavy (non-hydrogen) atoms. The molecule has 1 aliphatic heterocycles. The van der Waals surface area contributed by atoms with E-state index < -0.39 is 10.8 Å². The van der Waals surface area contributed by atoms with Crippen LogP contribution in [0.25, 0.3) is 0 Å². The molecular weight excluding hydrogens is 310 g/mol. The topological polar surface area (TPSA) is 56.1 Å². The first kappa shape index (κ1) is 16.4. The van der Waals surface area contributed by atoms with E-state index in [4.69, 9.17) is 4.74 Å². The van der Waals surface area contributed by atoms with Gasteiger partial charge in [0, 0.05) is 60.6 Å². The van der Waals surface area contributed by atoms with Gasteiger partial charge >= 0.3 is 0 Å². The Morgan fingerprint density at radius 3 is 2.83 bits per heavy atom. The van der Waals surface area contributed by atoms with Gasteiger partial charge in [-0.25, -0.2) is 4.98 Å². The molecule has 0 radical (unpaired) electrons. The first-order chi connectivity index (χ1) is 11.1. The minimum atomic E-state index is -0.926. The number of hydrogen-bond donors (Lipinski definition) is 1. The number of aromatic nitrogens is 2. The van der Waals surface area contributed by atoms with Crippen LogP contribution in [0.5, 0.6) is 0 Å². The number of aryl methyl sites for hydroxylation is 1. The Hall–Kier alpha value is -1.50. The molecule has 124 valence electrons. The van der Waals surface area contributed by atoms with E-state index in [0.29, 0.717) is 0 Å². The first-order valence-electron chi connectivity index (χ1n) is 7.89. The summed E-state index contributed by atoms with van der Waals surface area (Å²) in [6.45, 7) is 1.55. The molecule has 6 heteroatoms. The van der Waals surface area contributed by atoms with Crippen LogP contribution in [0.1, 0.15) is 30.3 Å². The number of ether oxygens (including phenoxy) is 1. The zero-order chi connectivity index (χ0) is 16.2. The number of imidazole rings is 1. The summed E-state index contributed by atoms with van der Waals surface area (Å²) in [5.41, 5.74) is 1.18. The second kappa shape index (κ2) is 7.38.